The minimum Gasteiger partial charge on any atom is -0.382 e. The molecular weight excluding hydrogens is 273 g/mol. The minimum absolute atomic E-state index is 0.0334. The fraction of sp³-hybridized carbons (Fsp3) is 0.538. The summed E-state index contributed by atoms with van der Waals surface area (Å²) in [6.07, 6.45) is -4.57. The summed E-state index contributed by atoms with van der Waals surface area (Å²) in [6.45, 7) is 3.54. The highest BCUT2D eigenvalue weighted by Gasteiger charge is 2.26. The van der Waals surface area contributed by atoms with Crippen LogP contribution in [0.2, 0.25) is 0 Å². The van der Waals surface area contributed by atoms with Gasteiger partial charge < -0.3 is 5.32 Å². The van der Waals surface area contributed by atoms with Gasteiger partial charge in [-0.15, -0.1) is 0 Å². The number of aryl methyl sites for hydroxylation is 1. The molecule has 0 radical (unpaired) electrons. The molecule has 0 aromatic heterocycles. The van der Waals surface area contributed by atoms with Crippen molar-refractivity contribution in [2.24, 2.45) is 0 Å². The molecule has 0 aliphatic rings. The maximum atomic E-state index is 12.0. The molecule has 0 aliphatic carbocycles. The van der Waals surface area contributed by atoms with E-state index in [1.165, 1.54) is 12.1 Å². The fourth-order valence-corrected chi connectivity index (χ4v) is 1.83. The molecule has 0 saturated heterocycles. The van der Waals surface area contributed by atoms with E-state index in [0.29, 0.717) is 12.1 Å². The predicted molar refractivity (Wildman–Crippen MR) is 70.8 cm³/mol. The van der Waals surface area contributed by atoms with Gasteiger partial charge in [-0.3, -0.25) is 10.1 Å². The molecule has 0 fully saturated rings. The van der Waals surface area contributed by atoms with E-state index >= 15 is 0 Å². The normalized spacial score (nSPS) is 13.1. The summed E-state index contributed by atoms with van der Waals surface area (Å²) in [4.78, 5) is 10.2. The van der Waals surface area contributed by atoms with Crippen LogP contribution < -0.4 is 5.32 Å². The number of nitrogens with zero attached hydrogens (tertiary/aromatic N) is 1. The molecule has 1 aromatic rings. The lowest BCUT2D eigenvalue weighted by atomic mass is 10.1. The van der Waals surface area contributed by atoms with Crippen molar-refractivity contribution in [1.29, 1.82) is 0 Å². The summed E-state index contributed by atoms with van der Waals surface area (Å²) in [5, 5.41) is 13.7. The van der Waals surface area contributed by atoms with E-state index in [-0.39, 0.29) is 18.2 Å². The summed E-state index contributed by atoms with van der Waals surface area (Å²) in [6, 6.07) is 4.23. The number of rotatable bonds is 6. The van der Waals surface area contributed by atoms with Gasteiger partial charge in [-0.2, -0.15) is 13.2 Å². The smallest absolute Gasteiger partial charge is 0.382 e. The Labute approximate surface area is 115 Å². The maximum Gasteiger partial charge on any atom is 0.389 e. The zero-order valence-electron chi connectivity index (χ0n) is 11.3. The Kier molecular flexibility index (Phi) is 5.35. The van der Waals surface area contributed by atoms with E-state index in [2.05, 4.69) is 5.32 Å². The largest absolute Gasteiger partial charge is 0.389 e. The molecule has 0 saturated carbocycles. The van der Waals surface area contributed by atoms with E-state index < -0.39 is 17.5 Å². The molecule has 1 aromatic carbocycles. The van der Waals surface area contributed by atoms with Gasteiger partial charge in [-0.25, -0.2) is 0 Å². The van der Waals surface area contributed by atoms with E-state index in [1.807, 2.05) is 0 Å². The second kappa shape index (κ2) is 6.58. The third kappa shape index (κ3) is 5.46. The number of nitro benzene ring substituents is 1. The van der Waals surface area contributed by atoms with Gasteiger partial charge in [0.25, 0.3) is 5.69 Å². The number of alkyl halides is 3. The van der Waals surface area contributed by atoms with Gasteiger partial charge in [0.2, 0.25) is 0 Å². The van der Waals surface area contributed by atoms with Crippen LogP contribution in [0.5, 0.6) is 0 Å². The van der Waals surface area contributed by atoms with Crippen molar-refractivity contribution in [3.8, 4) is 0 Å². The average molecular weight is 290 g/mol. The molecule has 1 N–H and O–H groups in total. The van der Waals surface area contributed by atoms with E-state index in [4.69, 9.17) is 0 Å². The topological polar surface area (TPSA) is 55.2 Å². The Balaban J connectivity index is 2.59. The molecule has 1 rings (SSSR count). The van der Waals surface area contributed by atoms with Gasteiger partial charge in [0.1, 0.15) is 0 Å². The standard InChI is InChI=1S/C13H17F3N2O2/c1-9-5-6-11(18(19)20)8-12(9)17-10(2)4-3-7-13(14,15)16/h5-6,8,10,17H,3-4,7H2,1-2H3. The number of hydrogen-bond donors (Lipinski definition) is 1. The SMILES string of the molecule is Cc1ccc([N+](=O)[O-])cc1NC(C)CCCC(F)(F)F. The summed E-state index contributed by atoms with van der Waals surface area (Å²) < 4.78 is 36.1. The van der Waals surface area contributed by atoms with Crippen molar-refractivity contribution < 1.29 is 18.1 Å². The second-order valence-electron chi connectivity index (χ2n) is 4.81. The zero-order chi connectivity index (χ0) is 15.3. The monoisotopic (exact) mass is 290 g/mol. The summed E-state index contributed by atoms with van der Waals surface area (Å²) in [5.41, 5.74) is 1.36. The highest BCUT2D eigenvalue weighted by molar-refractivity contribution is 5.57. The first-order valence-corrected chi connectivity index (χ1v) is 6.27. The first-order valence-electron chi connectivity index (χ1n) is 6.27. The van der Waals surface area contributed by atoms with Crippen LogP contribution >= 0.6 is 0 Å². The Bertz CT molecular complexity index is 475. The highest BCUT2D eigenvalue weighted by Crippen LogP contribution is 2.25. The van der Waals surface area contributed by atoms with Crippen molar-refractivity contribution in [3.05, 3.63) is 33.9 Å². The van der Waals surface area contributed by atoms with Crippen molar-refractivity contribution in [2.75, 3.05) is 5.32 Å². The fourth-order valence-electron chi connectivity index (χ4n) is 1.83. The van der Waals surface area contributed by atoms with Crippen LogP contribution in [0.4, 0.5) is 24.5 Å². The maximum absolute atomic E-state index is 12.0. The lowest BCUT2D eigenvalue weighted by molar-refractivity contribution is -0.384. The predicted octanol–water partition coefficient (Wildman–Crippen LogP) is 4.44. The van der Waals surface area contributed by atoms with Gasteiger partial charge >= 0.3 is 6.18 Å². The number of nitro groups is 1. The molecule has 0 amide bonds. The van der Waals surface area contributed by atoms with Crippen molar-refractivity contribution in [3.63, 3.8) is 0 Å². The van der Waals surface area contributed by atoms with Crippen molar-refractivity contribution in [2.45, 2.75) is 45.3 Å². The van der Waals surface area contributed by atoms with Crippen molar-refractivity contribution >= 4 is 11.4 Å². The van der Waals surface area contributed by atoms with Gasteiger partial charge in [-0.05, 0) is 32.3 Å². The molecular formula is C13H17F3N2O2. The molecule has 20 heavy (non-hydrogen) atoms. The van der Waals surface area contributed by atoms with Crippen LogP contribution in [0.1, 0.15) is 31.7 Å². The average Bonchev–Trinajstić information content (AvgIpc) is 2.30. The Morgan fingerprint density at radius 3 is 2.60 bits per heavy atom. The zero-order valence-corrected chi connectivity index (χ0v) is 11.3. The number of anilines is 1. The second-order valence-corrected chi connectivity index (χ2v) is 4.81. The molecule has 0 bridgehead atoms. The third-order valence-electron chi connectivity index (χ3n) is 2.93. The van der Waals surface area contributed by atoms with Crippen LogP contribution in [-0.4, -0.2) is 17.1 Å². The lowest BCUT2D eigenvalue weighted by Crippen LogP contribution is -2.17. The molecule has 1 unspecified atom stereocenters. The lowest BCUT2D eigenvalue weighted by Gasteiger charge is -2.17. The number of nitrogens with one attached hydrogen (secondary N) is 1. The summed E-state index contributed by atoms with van der Waals surface area (Å²) >= 11 is 0. The van der Waals surface area contributed by atoms with Crippen LogP contribution in [0, 0.1) is 17.0 Å². The number of non-ortho nitro benzene ring substituents is 1. The molecule has 0 heterocycles. The summed E-state index contributed by atoms with van der Waals surface area (Å²) in [5.74, 6) is 0. The van der Waals surface area contributed by atoms with Crippen LogP contribution in [-0.2, 0) is 0 Å². The molecule has 7 heteroatoms. The van der Waals surface area contributed by atoms with Crippen LogP contribution in [0.3, 0.4) is 0 Å². The van der Waals surface area contributed by atoms with Gasteiger partial charge in [0.05, 0.1) is 4.92 Å². The molecule has 112 valence electrons. The van der Waals surface area contributed by atoms with E-state index in [9.17, 15) is 23.3 Å². The first kappa shape index (κ1) is 16.3. The van der Waals surface area contributed by atoms with E-state index in [0.717, 1.165) is 5.56 Å². The van der Waals surface area contributed by atoms with Crippen molar-refractivity contribution in [1.82, 2.24) is 0 Å². The Hall–Kier alpha value is -1.79. The van der Waals surface area contributed by atoms with Gasteiger partial charge in [-0.1, -0.05) is 6.07 Å². The molecule has 0 aliphatic heterocycles. The van der Waals surface area contributed by atoms with Gasteiger partial charge in [0, 0.05) is 30.3 Å². The van der Waals surface area contributed by atoms with Crippen LogP contribution in [0.25, 0.3) is 0 Å². The highest BCUT2D eigenvalue weighted by atomic mass is 19.4. The first-order chi connectivity index (χ1) is 9.19. The third-order valence-corrected chi connectivity index (χ3v) is 2.93. The Morgan fingerprint density at radius 1 is 1.40 bits per heavy atom. The molecule has 0 spiro atoms. The minimum atomic E-state index is -4.14. The van der Waals surface area contributed by atoms with E-state index in [1.54, 1.807) is 19.9 Å². The van der Waals surface area contributed by atoms with Gasteiger partial charge in [0.15, 0.2) is 0 Å². The number of benzene rings is 1. The number of hydrogen-bond acceptors (Lipinski definition) is 3. The summed E-state index contributed by atoms with van der Waals surface area (Å²) in [7, 11) is 0. The quantitative estimate of drug-likeness (QED) is 0.622. The molecule has 4 nitrogen and oxygen atoms in total. The number of halogens is 3. The Morgan fingerprint density at radius 2 is 2.05 bits per heavy atom. The molecule has 1 atom stereocenters. The van der Waals surface area contributed by atoms with Crippen LogP contribution in [0.15, 0.2) is 18.2 Å².